The first kappa shape index (κ1) is 18.9. The largest absolute Gasteiger partial charge is 0.486 e. The number of benzene rings is 1. The van der Waals surface area contributed by atoms with E-state index in [-0.39, 0.29) is 6.03 Å². The molecule has 8 nitrogen and oxygen atoms in total. The van der Waals surface area contributed by atoms with E-state index in [0.717, 1.165) is 37.7 Å². The monoisotopic (exact) mass is 426 g/mol. The molecule has 1 aliphatic carbocycles. The van der Waals surface area contributed by atoms with Crippen LogP contribution in [0.4, 0.5) is 10.5 Å². The summed E-state index contributed by atoms with van der Waals surface area (Å²) in [6.45, 7) is 1.02. The van der Waals surface area contributed by atoms with Gasteiger partial charge in [0.25, 0.3) is 5.89 Å². The number of carbonyl (C=O) groups excluding carboxylic acids is 1. The van der Waals surface area contributed by atoms with Gasteiger partial charge in [0, 0.05) is 22.7 Å². The van der Waals surface area contributed by atoms with E-state index < -0.39 is 5.54 Å². The second-order valence-electron chi connectivity index (χ2n) is 7.52. The van der Waals surface area contributed by atoms with E-state index >= 15 is 0 Å². The van der Waals surface area contributed by atoms with E-state index in [2.05, 4.69) is 20.8 Å². The van der Waals surface area contributed by atoms with E-state index in [1.807, 2.05) is 16.8 Å². The van der Waals surface area contributed by atoms with Crippen LogP contribution >= 0.6 is 11.3 Å². The molecule has 0 bridgehead atoms. The number of fused-ring (bicyclic) bond motifs is 1. The molecule has 3 heterocycles. The summed E-state index contributed by atoms with van der Waals surface area (Å²) in [5.74, 6) is 2.32. The third-order valence-electron chi connectivity index (χ3n) is 5.47. The Morgan fingerprint density at radius 1 is 1.07 bits per heavy atom. The maximum Gasteiger partial charge on any atom is 0.320 e. The minimum atomic E-state index is -0.669. The molecule has 2 amide bonds. The summed E-state index contributed by atoms with van der Waals surface area (Å²) in [5.41, 5.74) is 0.881. The van der Waals surface area contributed by atoms with Crippen LogP contribution in [0.5, 0.6) is 11.5 Å². The van der Waals surface area contributed by atoms with Crippen molar-refractivity contribution >= 4 is 23.1 Å². The number of aromatic nitrogens is 2. The van der Waals surface area contributed by atoms with Crippen molar-refractivity contribution in [1.82, 2.24) is 15.5 Å². The fourth-order valence-electron chi connectivity index (χ4n) is 3.98. The SMILES string of the molecule is O=C(Nc1ccc2c(c1)OCCO2)NC1(c2nc(-c3ccsc3)no2)CCCCC1. The molecule has 0 atom stereocenters. The number of hydrogen-bond acceptors (Lipinski definition) is 7. The number of ether oxygens (including phenoxy) is 2. The first-order valence-corrected chi connectivity index (χ1v) is 11.0. The fourth-order valence-corrected chi connectivity index (χ4v) is 4.61. The van der Waals surface area contributed by atoms with Crippen LogP contribution in [-0.4, -0.2) is 29.4 Å². The van der Waals surface area contributed by atoms with Gasteiger partial charge in [-0.15, -0.1) is 0 Å². The van der Waals surface area contributed by atoms with Crippen molar-refractivity contribution < 1.29 is 18.8 Å². The number of nitrogens with one attached hydrogen (secondary N) is 2. The van der Waals surface area contributed by atoms with Crippen LogP contribution in [0.2, 0.25) is 0 Å². The lowest BCUT2D eigenvalue weighted by Gasteiger charge is -2.34. The molecule has 2 aromatic heterocycles. The van der Waals surface area contributed by atoms with E-state index in [1.165, 1.54) is 0 Å². The Bertz CT molecular complexity index is 1030. The lowest BCUT2D eigenvalue weighted by molar-refractivity contribution is 0.171. The second kappa shape index (κ2) is 7.98. The van der Waals surface area contributed by atoms with Crippen LogP contribution in [0.15, 0.2) is 39.5 Å². The Morgan fingerprint density at radius 2 is 1.90 bits per heavy atom. The van der Waals surface area contributed by atoms with Crippen molar-refractivity contribution in [2.24, 2.45) is 0 Å². The van der Waals surface area contributed by atoms with Crippen molar-refractivity contribution in [3.05, 3.63) is 40.9 Å². The van der Waals surface area contributed by atoms with Crippen molar-refractivity contribution in [2.75, 3.05) is 18.5 Å². The quantitative estimate of drug-likeness (QED) is 0.635. The molecule has 156 valence electrons. The average molecular weight is 426 g/mol. The molecule has 0 radical (unpaired) electrons. The van der Waals surface area contributed by atoms with E-state index in [9.17, 15) is 4.79 Å². The minimum Gasteiger partial charge on any atom is -0.486 e. The average Bonchev–Trinajstić information content (AvgIpc) is 3.46. The highest BCUT2D eigenvalue weighted by molar-refractivity contribution is 7.08. The van der Waals surface area contributed by atoms with Gasteiger partial charge >= 0.3 is 6.03 Å². The maximum absolute atomic E-state index is 12.9. The van der Waals surface area contributed by atoms with Crippen molar-refractivity contribution in [1.29, 1.82) is 0 Å². The molecule has 3 aromatic rings. The van der Waals surface area contributed by atoms with E-state index in [1.54, 1.807) is 29.5 Å². The molecule has 0 saturated heterocycles. The molecule has 1 aromatic carbocycles. The third-order valence-corrected chi connectivity index (χ3v) is 6.16. The Labute approximate surface area is 177 Å². The summed E-state index contributed by atoms with van der Waals surface area (Å²) in [5, 5.41) is 14.1. The van der Waals surface area contributed by atoms with Gasteiger partial charge in [0.1, 0.15) is 18.8 Å². The highest BCUT2D eigenvalue weighted by Crippen LogP contribution is 2.38. The molecule has 5 rings (SSSR count). The highest BCUT2D eigenvalue weighted by atomic mass is 32.1. The number of anilines is 1. The second-order valence-corrected chi connectivity index (χ2v) is 8.30. The number of thiophene rings is 1. The number of urea groups is 1. The standard InChI is InChI=1S/C21H22N4O4S/c26-20(22-15-4-5-16-17(12-15)28-10-9-27-16)24-21(7-2-1-3-8-21)19-23-18(25-29-19)14-6-11-30-13-14/h4-6,11-13H,1-3,7-10H2,(H2,22,24,26). The summed E-state index contributed by atoms with van der Waals surface area (Å²) in [6.07, 6.45) is 4.61. The van der Waals surface area contributed by atoms with Crippen LogP contribution < -0.4 is 20.1 Å². The Hall–Kier alpha value is -3.07. The molecular weight excluding hydrogens is 404 g/mol. The molecule has 1 saturated carbocycles. The maximum atomic E-state index is 12.9. The van der Waals surface area contributed by atoms with Crippen molar-refractivity contribution in [3.8, 4) is 22.9 Å². The zero-order valence-corrected chi connectivity index (χ0v) is 17.2. The third kappa shape index (κ3) is 3.72. The molecule has 0 spiro atoms. The van der Waals surface area contributed by atoms with Crippen molar-refractivity contribution in [3.63, 3.8) is 0 Å². The van der Waals surface area contributed by atoms with Gasteiger partial charge in [-0.05, 0) is 36.4 Å². The Morgan fingerprint density at radius 3 is 2.70 bits per heavy atom. The van der Waals surface area contributed by atoms with Crippen LogP contribution in [0.25, 0.3) is 11.4 Å². The van der Waals surface area contributed by atoms with Gasteiger partial charge in [-0.3, -0.25) is 0 Å². The molecular formula is C21H22N4O4S. The Kier molecular flexibility index (Phi) is 5.04. The number of rotatable bonds is 4. The molecule has 2 aliphatic rings. The minimum absolute atomic E-state index is 0.316. The normalized spacial score (nSPS) is 17.3. The van der Waals surface area contributed by atoms with Gasteiger partial charge < -0.3 is 24.6 Å². The molecule has 2 N–H and O–H groups in total. The van der Waals surface area contributed by atoms with Gasteiger partial charge in [0.15, 0.2) is 11.5 Å². The lowest BCUT2D eigenvalue weighted by Crippen LogP contribution is -2.49. The lowest BCUT2D eigenvalue weighted by atomic mass is 9.81. The predicted octanol–water partition coefficient (Wildman–Crippen LogP) is 4.55. The number of hydrogen-bond donors (Lipinski definition) is 2. The summed E-state index contributed by atoms with van der Waals surface area (Å²) < 4.78 is 16.7. The highest BCUT2D eigenvalue weighted by Gasteiger charge is 2.41. The van der Waals surface area contributed by atoms with Crippen molar-refractivity contribution in [2.45, 2.75) is 37.6 Å². The first-order valence-electron chi connectivity index (χ1n) is 10.1. The molecule has 1 fully saturated rings. The molecule has 0 unspecified atom stereocenters. The van der Waals surface area contributed by atoms with Gasteiger partial charge in [-0.2, -0.15) is 16.3 Å². The number of carbonyl (C=O) groups is 1. The van der Waals surface area contributed by atoms with Crippen LogP contribution in [0.3, 0.4) is 0 Å². The number of amides is 2. The molecule has 1 aliphatic heterocycles. The van der Waals surface area contributed by atoms with Gasteiger partial charge in [0.2, 0.25) is 5.82 Å². The fraction of sp³-hybridized carbons (Fsp3) is 0.381. The smallest absolute Gasteiger partial charge is 0.320 e. The number of nitrogens with zero attached hydrogens (tertiary/aromatic N) is 2. The molecule has 30 heavy (non-hydrogen) atoms. The zero-order chi connectivity index (χ0) is 20.4. The summed E-state index contributed by atoms with van der Waals surface area (Å²) in [4.78, 5) is 17.5. The topological polar surface area (TPSA) is 98.5 Å². The van der Waals surface area contributed by atoms with Gasteiger partial charge in [0.05, 0.1) is 0 Å². The summed E-state index contributed by atoms with van der Waals surface area (Å²) in [7, 11) is 0. The van der Waals surface area contributed by atoms with Crippen LogP contribution in [0, 0.1) is 0 Å². The van der Waals surface area contributed by atoms with Gasteiger partial charge in [-0.1, -0.05) is 24.4 Å². The summed E-state index contributed by atoms with van der Waals surface area (Å²) in [6, 6.07) is 7.00. The Balaban J connectivity index is 1.35. The van der Waals surface area contributed by atoms with Crippen LogP contribution in [0.1, 0.15) is 38.0 Å². The van der Waals surface area contributed by atoms with Crippen LogP contribution in [-0.2, 0) is 5.54 Å². The molecule has 9 heteroatoms. The van der Waals surface area contributed by atoms with Gasteiger partial charge in [-0.25, -0.2) is 4.79 Å². The van der Waals surface area contributed by atoms with E-state index in [0.29, 0.717) is 42.1 Å². The predicted molar refractivity (Wildman–Crippen MR) is 112 cm³/mol. The zero-order valence-electron chi connectivity index (χ0n) is 16.3. The van der Waals surface area contributed by atoms with E-state index in [4.69, 9.17) is 14.0 Å². The first-order chi connectivity index (χ1) is 14.7. The summed E-state index contributed by atoms with van der Waals surface area (Å²) >= 11 is 1.58.